The molecule has 2 N–H and O–H groups in total. The van der Waals surface area contributed by atoms with Crippen molar-refractivity contribution in [1.82, 2.24) is 4.98 Å². The SMILES string of the molecule is CC(Nc1ccc(O)cc1[N+](=O)[O-])c1cscn1. The number of aromatic nitrogens is 1. The van der Waals surface area contributed by atoms with Gasteiger partial charge < -0.3 is 10.4 Å². The molecule has 94 valence electrons. The minimum Gasteiger partial charge on any atom is -0.508 e. The largest absolute Gasteiger partial charge is 0.508 e. The van der Waals surface area contributed by atoms with Gasteiger partial charge in [0.25, 0.3) is 5.69 Å². The Morgan fingerprint density at radius 2 is 2.33 bits per heavy atom. The summed E-state index contributed by atoms with van der Waals surface area (Å²) in [5, 5.41) is 25.0. The molecule has 7 heteroatoms. The van der Waals surface area contributed by atoms with Crippen LogP contribution in [0.4, 0.5) is 11.4 Å². The lowest BCUT2D eigenvalue weighted by Gasteiger charge is -2.13. The summed E-state index contributed by atoms with van der Waals surface area (Å²) < 4.78 is 0. The number of hydrogen-bond acceptors (Lipinski definition) is 6. The van der Waals surface area contributed by atoms with E-state index in [0.29, 0.717) is 5.69 Å². The number of phenolic OH excluding ortho intramolecular Hbond substituents is 1. The Labute approximate surface area is 107 Å². The van der Waals surface area contributed by atoms with Gasteiger partial charge in [-0.25, -0.2) is 4.98 Å². The predicted octanol–water partition coefficient (Wildman–Crippen LogP) is 2.93. The number of nitro groups is 1. The minimum absolute atomic E-state index is 0.131. The number of thiazole rings is 1. The molecule has 0 bridgehead atoms. The monoisotopic (exact) mass is 265 g/mol. The highest BCUT2D eigenvalue weighted by atomic mass is 32.1. The highest BCUT2D eigenvalue weighted by Gasteiger charge is 2.17. The fraction of sp³-hybridized carbons (Fsp3) is 0.182. The zero-order chi connectivity index (χ0) is 13.1. The van der Waals surface area contributed by atoms with Crippen LogP contribution in [0.3, 0.4) is 0 Å². The number of rotatable bonds is 4. The zero-order valence-electron chi connectivity index (χ0n) is 9.53. The van der Waals surface area contributed by atoms with E-state index < -0.39 is 4.92 Å². The van der Waals surface area contributed by atoms with Crippen LogP contribution in [0.25, 0.3) is 0 Å². The predicted molar refractivity (Wildman–Crippen MR) is 68.9 cm³/mol. The Morgan fingerprint density at radius 3 is 2.94 bits per heavy atom. The van der Waals surface area contributed by atoms with Crippen molar-refractivity contribution in [1.29, 1.82) is 0 Å². The van der Waals surface area contributed by atoms with Crippen LogP contribution in [-0.2, 0) is 0 Å². The first kappa shape index (κ1) is 12.3. The van der Waals surface area contributed by atoms with E-state index in [9.17, 15) is 15.2 Å². The van der Waals surface area contributed by atoms with Crippen LogP contribution in [0.5, 0.6) is 5.75 Å². The molecule has 1 unspecified atom stereocenters. The van der Waals surface area contributed by atoms with Gasteiger partial charge in [0.2, 0.25) is 0 Å². The summed E-state index contributed by atoms with van der Waals surface area (Å²) in [5.74, 6) is -0.131. The van der Waals surface area contributed by atoms with Gasteiger partial charge in [0.1, 0.15) is 11.4 Å². The maximum absolute atomic E-state index is 10.9. The van der Waals surface area contributed by atoms with Crippen LogP contribution in [0.15, 0.2) is 29.1 Å². The Hall–Kier alpha value is -2.15. The van der Waals surface area contributed by atoms with Crippen LogP contribution in [-0.4, -0.2) is 15.0 Å². The molecule has 0 saturated carbocycles. The maximum Gasteiger partial charge on any atom is 0.296 e. The molecule has 0 aliphatic rings. The van der Waals surface area contributed by atoms with Gasteiger partial charge in [0.05, 0.1) is 28.2 Å². The van der Waals surface area contributed by atoms with E-state index in [-0.39, 0.29) is 17.5 Å². The second kappa shape index (κ2) is 5.01. The van der Waals surface area contributed by atoms with Crippen LogP contribution in [0, 0.1) is 10.1 Å². The Bertz CT molecular complexity index is 557. The third kappa shape index (κ3) is 2.57. The molecule has 0 fully saturated rings. The normalized spacial score (nSPS) is 12.1. The number of anilines is 1. The van der Waals surface area contributed by atoms with Crippen molar-refractivity contribution in [2.75, 3.05) is 5.32 Å². The second-order valence-corrected chi connectivity index (χ2v) is 4.46. The number of benzene rings is 1. The highest BCUT2D eigenvalue weighted by molar-refractivity contribution is 7.07. The van der Waals surface area contributed by atoms with Crippen LogP contribution in [0.1, 0.15) is 18.7 Å². The quantitative estimate of drug-likeness (QED) is 0.504. The molecule has 1 aromatic carbocycles. The standard InChI is InChI=1S/C11H11N3O3S/c1-7(10-5-18-6-12-10)13-9-3-2-8(15)4-11(9)14(16)17/h2-7,13,15H,1H3. The summed E-state index contributed by atoms with van der Waals surface area (Å²) in [5.41, 5.74) is 2.73. The van der Waals surface area contributed by atoms with E-state index in [1.165, 1.54) is 23.5 Å². The van der Waals surface area contributed by atoms with Gasteiger partial charge in [0, 0.05) is 5.38 Å². The molecule has 2 rings (SSSR count). The fourth-order valence-corrected chi connectivity index (χ4v) is 2.18. The number of aromatic hydroxyl groups is 1. The molecule has 0 amide bonds. The smallest absolute Gasteiger partial charge is 0.296 e. The van der Waals surface area contributed by atoms with E-state index in [1.54, 1.807) is 5.51 Å². The van der Waals surface area contributed by atoms with Crippen molar-refractivity contribution in [3.05, 3.63) is 44.9 Å². The minimum atomic E-state index is -0.532. The summed E-state index contributed by atoms with van der Waals surface area (Å²) in [4.78, 5) is 14.5. The summed E-state index contributed by atoms with van der Waals surface area (Å²) in [6.45, 7) is 1.87. The average Bonchev–Trinajstić information content (AvgIpc) is 2.84. The van der Waals surface area contributed by atoms with Gasteiger partial charge in [-0.05, 0) is 19.1 Å². The summed E-state index contributed by atoms with van der Waals surface area (Å²) in [6.07, 6.45) is 0. The fourth-order valence-electron chi connectivity index (χ4n) is 1.54. The topological polar surface area (TPSA) is 88.3 Å². The second-order valence-electron chi connectivity index (χ2n) is 3.74. The Morgan fingerprint density at radius 1 is 1.56 bits per heavy atom. The first-order valence-electron chi connectivity index (χ1n) is 5.20. The summed E-state index contributed by atoms with van der Waals surface area (Å²) in [6, 6.07) is 3.87. The lowest BCUT2D eigenvalue weighted by molar-refractivity contribution is -0.384. The van der Waals surface area contributed by atoms with Crippen molar-refractivity contribution in [2.24, 2.45) is 0 Å². The number of nitro benzene ring substituents is 1. The van der Waals surface area contributed by atoms with Gasteiger partial charge in [0.15, 0.2) is 0 Å². The molecular weight excluding hydrogens is 254 g/mol. The molecule has 1 heterocycles. The van der Waals surface area contributed by atoms with E-state index in [1.807, 2.05) is 12.3 Å². The van der Waals surface area contributed by atoms with Crippen molar-refractivity contribution in [2.45, 2.75) is 13.0 Å². The number of nitrogens with one attached hydrogen (secondary N) is 1. The maximum atomic E-state index is 10.9. The first-order valence-corrected chi connectivity index (χ1v) is 6.14. The van der Waals surface area contributed by atoms with E-state index in [4.69, 9.17) is 0 Å². The van der Waals surface area contributed by atoms with E-state index in [0.717, 1.165) is 11.8 Å². The van der Waals surface area contributed by atoms with Crippen LogP contribution in [0.2, 0.25) is 0 Å². The lowest BCUT2D eigenvalue weighted by Crippen LogP contribution is -2.08. The molecule has 1 aromatic heterocycles. The molecule has 0 saturated heterocycles. The van der Waals surface area contributed by atoms with Gasteiger partial charge in [-0.3, -0.25) is 10.1 Å². The molecule has 1 atom stereocenters. The van der Waals surface area contributed by atoms with Crippen molar-refractivity contribution >= 4 is 22.7 Å². The molecule has 2 aromatic rings. The molecule has 0 aliphatic heterocycles. The van der Waals surface area contributed by atoms with Gasteiger partial charge >= 0.3 is 0 Å². The third-order valence-corrected chi connectivity index (χ3v) is 3.05. The average molecular weight is 265 g/mol. The van der Waals surface area contributed by atoms with Crippen molar-refractivity contribution in [3.63, 3.8) is 0 Å². The third-order valence-electron chi connectivity index (χ3n) is 2.45. The lowest BCUT2D eigenvalue weighted by atomic mass is 10.2. The zero-order valence-corrected chi connectivity index (χ0v) is 10.3. The molecule has 6 nitrogen and oxygen atoms in total. The highest BCUT2D eigenvalue weighted by Crippen LogP contribution is 2.31. The molecular formula is C11H11N3O3S. The summed E-state index contributed by atoms with van der Waals surface area (Å²) >= 11 is 1.47. The Balaban J connectivity index is 2.26. The Kier molecular flexibility index (Phi) is 3.42. The van der Waals surface area contributed by atoms with Crippen LogP contribution < -0.4 is 5.32 Å². The van der Waals surface area contributed by atoms with Crippen molar-refractivity contribution < 1.29 is 10.0 Å². The number of phenols is 1. The van der Waals surface area contributed by atoms with E-state index >= 15 is 0 Å². The summed E-state index contributed by atoms with van der Waals surface area (Å²) in [7, 11) is 0. The molecule has 18 heavy (non-hydrogen) atoms. The van der Waals surface area contributed by atoms with Crippen molar-refractivity contribution in [3.8, 4) is 5.75 Å². The molecule has 0 spiro atoms. The number of hydrogen-bond donors (Lipinski definition) is 2. The van der Waals surface area contributed by atoms with Gasteiger partial charge in [-0.15, -0.1) is 11.3 Å². The van der Waals surface area contributed by atoms with E-state index in [2.05, 4.69) is 10.3 Å². The molecule has 0 aliphatic carbocycles. The number of nitrogens with zero attached hydrogens (tertiary/aromatic N) is 2. The van der Waals surface area contributed by atoms with Crippen LogP contribution >= 0.6 is 11.3 Å². The van der Waals surface area contributed by atoms with Gasteiger partial charge in [-0.2, -0.15) is 0 Å². The van der Waals surface area contributed by atoms with Gasteiger partial charge in [-0.1, -0.05) is 0 Å². The first-order chi connectivity index (χ1) is 8.58. The molecule has 0 radical (unpaired) electrons.